The van der Waals surface area contributed by atoms with Gasteiger partial charge in [-0.15, -0.1) is 0 Å². The molecule has 0 aliphatic rings. The van der Waals surface area contributed by atoms with Gasteiger partial charge in [-0.25, -0.2) is 0 Å². The Hall–Kier alpha value is -0.210. The van der Waals surface area contributed by atoms with Gasteiger partial charge in [0.05, 0.1) is 0 Å². The molecule has 0 aromatic carbocycles. The van der Waals surface area contributed by atoms with E-state index in [1.807, 2.05) is 0 Å². The van der Waals surface area contributed by atoms with E-state index in [1.165, 1.54) is 0 Å². The van der Waals surface area contributed by atoms with Crippen molar-refractivity contribution < 1.29 is 0 Å². The van der Waals surface area contributed by atoms with E-state index in [4.69, 9.17) is 0 Å². The maximum atomic E-state index is 4.65. The van der Waals surface area contributed by atoms with Gasteiger partial charge in [0.25, 0.3) is 0 Å². The van der Waals surface area contributed by atoms with Crippen LogP contribution in [0.4, 0.5) is 0 Å². The summed E-state index contributed by atoms with van der Waals surface area (Å²) in [6, 6.07) is 2.14. The van der Waals surface area contributed by atoms with Crippen molar-refractivity contribution in [2.24, 2.45) is 5.73 Å². The van der Waals surface area contributed by atoms with Crippen molar-refractivity contribution in [1.82, 2.24) is 0 Å². The van der Waals surface area contributed by atoms with Gasteiger partial charge in [-0.1, -0.05) is 14.9 Å². The lowest BCUT2D eigenvalue weighted by Gasteiger charge is -1.44. The molecule has 22 valence electrons. The molecule has 0 bridgehead atoms. The highest BCUT2D eigenvalue weighted by Crippen LogP contribution is 1.61. The molecule has 0 saturated heterocycles. The summed E-state index contributed by atoms with van der Waals surface area (Å²) in [5.74, 6) is 0. The van der Waals surface area contributed by atoms with Crippen molar-refractivity contribution in [3.63, 3.8) is 0 Å². The molecule has 0 spiro atoms. The highest BCUT2D eigenvalue weighted by molar-refractivity contribution is 7.23. The SMILES string of the molecule is NC#CP. The first-order chi connectivity index (χ1) is 1.91. The monoisotopic (exact) mass is 73.0 g/mol. The number of rotatable bonds is 0. The van der Waals surface area contributed by atoms with Gasteiger partial charge in [-0.05, 0) is 0 Å². The Balaban J connectivity index is 2.83. The van der Waals surface area contributed by atoms with Crippen molar-refractivity contribution in [1.29, 1.82) is 0 Å². The van der Waals surface area contributed by atoms with Crippen LogP contribution in [-0.4, -0.2) is 0 Å². The second kappa shape index (κ2) is 2.79. The summed E-state index contributed by atoms with van der Waals surface area (Å²) < 4.78 is 0. The van der Waals surface area contributed by atoms with Crippen LogP contribution in [0.5, 0.6) is 0 Å². The normalized spacial score (nSPS) is 3.25. The Morgan fingerprint density at radius 2 is 2.00 bits per heavy atom. The van der Waals surface area contributed by atoms with E-state index in [9.17, 15) is 0 Å². The quantitative estimate of drug-likeness (QED) is 0.238. The minimum Gasteiger partial charge on any atom is -0.359 e. The van der Waals surface area contributed by atoms with E-state index in [1.54, 1.807) is 0 Å². The van der Waals surface area contributed by atoms with E-state index in [-0.39, 0.29) is 0 Å². The fraction of sp³-hybridized carbons (Fsp3) is 0. The summed E-state index contributed by atoms with van der Waals surface area (Å²) in [6.07, 6.45) is 0. The maximum absolute atomic E-state index is 4.65. The zero-order chi connectivity index (χ0) is 3.41. The third kappa shape index (κ3) is 1.79. The predicted octanol–water partition coefficient (Wildman–Crippen LogP) is -0.261. The largest absolute Gasteiger partial charge is 0.359 e. The van der Waals surface area contributed by atoms with Gasteiger partial charge in [0.1, 0.15) is 0 Å². The summed E-state index contributed by atoms with van der Waals surface area (Å²) in [4.78, 5) is 0. The van der Waals surface area contributed by atoms with Crippen molar-refractivity contribution in [3.8, 4) is 11.7 Å². The highest BCUT2D eigenvalue weighted by atomic mass is 31.0. The summed E-state index contributed by atoms with van der Waals surface area (Å²) in [7, 11) is 2.17. The van der Waals surface area contributed by atoms with Crippen molar-refractivity contribution in [2.45, 2.75) is 0 Å². The predicted molar refractivity (Wildman–Crippen MR) is 21.7 cm³/mol. The van der Waals surface area contributed by atoms with Crippen LogP contribution in [0.15, 0.2) is 0 Å². The topological polar surface area (TPSA) is 26.0 Å². The van der Waals surface area contributed by atoms with Crippen molar-refractivity contribution >= 4 is 9.24 Å². The summed E-state index contributed by atoms with van der Waals surface area (Å²) in [5.41, 5.74) is 7.02. The third-order valence-electron chi connectivity index (χ3n) is 0.0833. The molecule has 0 rings (SSSR count). The van der Waals surface area contributed by atoms with Gasteiger partial charge >= 0.3 is 0 Å². The van der Waals surface area contributed by atoms with Crippen molar-refractivity contribution in [2.75, 3.05) is 0 Å². The first kappa shape index (κ1) is 3.79. The zero-order valence-corrected chi connectivity index (χ0v) is 3.31. The second-order valence-corrected chi connectivity index (χ2v) is 0.577. The van der Waals surface area contributed by atoms with Crippen LogP contribution in [0.1, 0.15) is 0 Å². The van der Waals surface area contributed by atoms with Crippen LogP contribution in [0, 0.1) is 11.7 Å². The van der Waals surface area contributed by atoms with Gasteiger partial charge in [0, 0.05) is 6.04 Å². The van der Waals surface area contributed by atoms with Crippen LogP contribution < -0.4 is 5.73 Å². The van der Waals surface area contributed by atoms with Gasteiger partial charge < -0.3 is 5.73 Å². The van der Waals surface area contributed by atoms with Crippen LogP contribution in [0.3, 0.4) is 0 Å². The van der Waals surface area contributed by atoms with E-state index >= 15 is 0 Å². The molecule has 4 heavy (non-hydrogen) atoms. The third-order valence-corrected chi connectivity index (χ3v) is 0.250. The Kier molecular flexibility index (Phi) is 2.64. The van der Waals surface area contributed by atoms with Crippen LogP contribution >= 0.6 is 9.24 Å². The molecule has 0 aliphatic heterocycles. The molecule has 1 atom stereocenters. The number of hydrogen-bond acceptors (Lipinski definition) is 1. The van der Waals surface area contributed by atoms with Gasteiger partial charge in [0.2, 0.25) is 0 Å². The molecule has 2 N–H and O–H groups in total. The van der Waals surface area contributed by atoms with Gasteiger partial charge in [-0.2, -0.15) is 0 Å². The zero-order valence-electron chi connectivity index (χ0n) is 2.15. The molecule has 0 radical (unpaired) electrons. The molecular weight excluding hydrogens is 69.0 g/mol. The van der Waals surface area contributed by atoms with Crippen LogP contribution in [0.2, 0.25) is 0 Å². The number of nitrogens with two attached hydrogens (primary N) is 1. The standard InChI is InChI=1S/C2H4NP/c3-1-2-4/h3-4H2. The molecule has 0 aromatic rings. The second-order valence-electron chi connectivity index (χ2n) is 0.289. The van der Waals surface area contributed by atoms with E-state index in [0.717, 1.165) is 0 Å². The molecule has 1 nitrogen and oxygen atoms in total. The average Bonchev–Trinajstić information content (AvgIpc) is 1.37. The molecule has 2 heteroatoms. The Morgan fingerprint density at radius 3 is 2.00 bits per heavy atom. The first-order valence-corrected chi connectivity index (χ1v) is 1.40. The molecular formula is C2H4NP. The smallest absolute Gasteiger partial charge is 0.00564 e. The molecule has 0 fully saturated rings. The summed E-state index contributed by atoms with van der Waals surface area (Å²) in [6.45, 7) is 0. The van der Waals surface area contributed by atoms with E-state index < -0.39 is 0 Å². The maximum Gasteiger partial charge on any atom is 0.00564 e. The first-order valence-electron chi connectivity index (χ1n) is 0.827. The van der Waals surface area contributed by atoms with E-state index in [0.29, 0.717) is 0 Å². The molecule has 0 aromatic heterocycles. The fourth-order valence-corrected chi connectivity index (χ4v) is 0. The molecule has 1 unspecified atom stereocenters. The average molecular weight is 73.0 g/mol. The highest BCUT2D eigenvalue weighted by Gasteiger charge is 1.25. The Bertz CT molecular complexity index is 42.8. The lowest BCUT2D eigenvalue weighted by atomic mass is 11.2. The fourth-order valence-electron chi connectivity index (χ4n) is 0. The minimum absolute atomic E-state index is 2.14. The Labute approximate surface area is 27.8 Å². The number of hydrogen-bond donors (Lipinski definition) is 1. The Morgan fingerprint density at radius 1 is 1.75 bits per heavy atom. The van der Waals surface area contributed by atoms with Gasteiger partial charge in [-0.3, -0.25) is 0 Å². The molecule has 0 amide bonds. The van der Waals surface area contributed by atoms with Crippen molar-refractivity contribution in [3.05, 3.63) is 0 Å². The lowest BCUT2D eigenvalue weighted by Crippen LogP contribution is -1.71. The van der Waals surface area contributed by atoms with Crippen LogP contribution in [0.25, 0.3) is 0 Å². The summed E-state index contributed by atoms with van der Waals surface area (Å²) >= 11 is 0. The summed E-state index contributed by atoms with van der Waals surface area (Å²) in [5, 5.41) is 0. The molecule has 0 heterocycles. The van der Waals surface area contributed by atoms with E-state index in [2.05, 4.69) is 26.7 Å². The molecule has 0 saturated carbocycles. The minimum atomic E-state index is 2.14. The van der Waals surface area contributed by atoms with Gasteiger partial charge in [0.15, 0.2) is 0 Å². The lowest BCUT2D eigenvalue weighted by molar-refractivity contribution is 1.75. The van der Waals surface area contributed by atoms with Crippen LogP contribution in [-0.2, 0) is 0 Å². The molecule has 0 aliphatic carbocycles.